The van der Waals surface area contributed by atoms with Gasteiger partial charge in [-0.2, -0.15) is 0 Å². The van der Waals surface area contributed by atoms with Gasteiger partial charge in [0.05, 0.1) is 11.1 Å². The molecule has 2 aliphatic rings. The van der Waals surface area contributed by atoms with Crippen molar-refractivity contribution in [3.63, 3.8) is 0 Å². The van der Waals surface area contributed by atoms with Crippen molar-refractivity contribution in [1.82, 2.24) is 20.9 Å². The first-order valence-corrected chi connectivity index (χ1v) is 10.8. The van der Waals surface area contributed by atoms with Crippen LogP contribution >= 0.6 is 0 Å². The summed E-state index contributed by atoms with van der Waals surface area (Å²) in [7, 11) is 3.49. The molecule has 0 bridgehead atoms. The number of amides is 3. The quantitative estimate of drug-likeness (QED) is 0.294. The maximum atomic E-state index is 12.6. The highest BCUT2D eigenvalue weighted by Gasteiger charge is 2.42. The van der Waals surface area contributed by atoms with Gasteiger partial charge < -0.3 is 20.7 Å². The number of hydrogen-bond acceptors (Lipinski definition) is 7. The maximum Gasteiger partial charge on any atom is 0.262 e. The number of carbonyl (C=O) groups excluding carboxylic acids is 4. The van der Waals surface area contributed by atoms with Crippen molar-refractivity contribution in [2.45, 2.75) is 37.8 Å². The standard InChI is InChI=1S/C17H18N2O5.C6H14N2/c1-3-4-5-14(15(21)18-2)19-16(22)12-7-6-11(24-9-8-20)10-13(12)17(19)23;1-7-6-2-4-8-5-3-6/h3,6-8,10,14H,1,4-5,9H2,2H3,(H,18,21);6-8H,2-5H2,1H3. The third-order valence-corrected chi connectivity index (χ3v) is 5.46. The zero-order valence-corrected chi connectivity index (χ0v) is 18.7. The lowest BCUT2D eigenvalue weighted by Gasteiger charge is -2.24. The van der Waals surface area contributed by atoms with E-state index in [-0.39, 0.29) is 17.7 Å². The summed E-state index contributed by atoms with van der Waals surface area (Å²) in [4.78, 5) is 48.6. The monoisotopic (exact) mass is 444 g/mol. The van der Waals surface area contributed by atoms with E-state index in [2.05, 4.69) is 22.5 Å². The van der Waals surface area contributed by atoms with Gasteiger partial charge >= 0.3 is 0 Å². The Bertz CT molecular complexity index is 836. The van der Waals surface area contributed by atoms with Crippen LogP contribution in [0.3, 0.4) is 0 Å². The van der Waals surface area contributed by atoms with Gasteiger partial charge in [0.2, 0.25) is 5.91 Å². The minimum atomic E-state index is -0.903. The summed E-state index contributed by atoms with van der Waals surface area (Å²) in [6, 6.07) is 4.25. The molecule has 1 unspecified atom stereocenters. The Morgan fingerprint density at radius 1 is 1.25 bits per heavy atom. The van der Waals surface area contributed by atoms with Gasteiger partial charge in [0.25, 0.3) is 11.8 Å². The van der Waals surface area contributed by atoms with E-state index in [0.29, 0.717) is 24.9 Å². The first-order chi connectivity index (χ1) is 15.5. The molecule has 32 heavy (non-hydrogen) atoms. The molecule has 1 saturated heterocycles. The number of hydrogen-bond donors (Lipinski definition) is 3. The van der Waals surface area contributed by atoms with Crippen LogP contribution in [0, 0.1) is 0 Å². The van der Waals surface area contributed by atoms with E-state index in [1.54, 1.807) is 6.08 Å². The largest absolute Gasteiger partial charge is 0.486 e. The van der Waals surface area contributed by atoms with E-state index in [1.807, 2.05) is 7.05 Å². The van der Waals surface area contributed by atoms with Crippen LogP contribution in [-0.2, 0) is 9.59 Å². The van der Waals surface area contributed by atoms with Gasteiger partial charge in [-0.05, 0) is 64.0 Å². The molecule has 3 amide bonds. The lowest BCUT2D eigenvalue weighted by Crippen LogP contribution is -2.48. The summed E-state index contributed by atoms with van der Waals surface area (Å²) in [6.07, 6.45) is 5.57. The minimum absolute atomic E-state index is 0.148. The summed E-state index contributed by atoms with van der Waals surface area (Å²) in [5.41, 5.74) is 0.377. The zero-order valence-electron chi connectivity index (χ0n) is 18.7. The second-order valence-corrected chi connectivity index (χ2v) is 7.47. The third kappa shape index (κ3) is 6.24. The minimum Gasteiger partial charge on any atom is -0.486 e. The predicted molar refractivity (Wildman–Crippen MR) is 121 cm³/mol. The Morgan fingerprint density at radius 2 is 1.94 bits per heavy atom. The van der Waals surface area contributed by atoms with Crippen molar-refractivity contribution < 1.29 is 23.9 Å². The molecule has 3 rings (SSSR count). The van der Waals surface area contributed by atoms with Crippen molar-refractivity contribution in [3.05, 3.63) is 42.0 Å². The zero-order chi connectivity index (χ0) is 23.5. The molecular formula is C23H32N4O5. The molecule has 1 fully saturated rings. The van der Waals surface area contributed by atoms with Crippen LogP contribution in [0.15, 0.2) is 30.9 Å². The van der Waals surface area contributed by atoms with Crippen LogP contribution in [0.1, 0.15) is 46.4 Å². The van der Waals surface area contributed by atoms with Gasteiger partial charge in [0.1, 0.15) is 18.4 Å². The number of aldehydes is 1. The Balaban J connectivity index is 0.000000380. The number of benzene rings is 1. The Hall–Kier alpha value is -3.04. The van der Waals surface area contributed by atoms with E-state index in [4.69, 9.17) is 4.74 Å². The Kier molecular flexibility index (Phi) is 10.0. The predicted octanol–water partition coefficient (Wildman–Crippen LogP) is 0.899. The highest BCUT2D eigenvalue weighted by Crippen LogP contribution is 2.29. The molecule has 2 aliphatic heterocycles. The van der Waals surface area contributed by atoms with Crippen LogP contribution in [0.4, 0.5) is 0 Å². The van der Waals surface area contributed by atoms with E-state index >= 15 is 0 Å². The van der Waals surface area contributed by atoms with E-state index < -0.39 is 23.8 Å². The molecule has 0 saturated carbocycles. The molecule has 0 aromatic heterocycles. The number of ether oxygens (including phenoxy) is 1. The van der Waals surface area contributed by atoms with Gasteiger partial charge in [-0.1, -0.05) is 6.08 Å². The lowest BCUT2D eigenvalue weighted by atomic mass is 10.1. The van der Waals surface area contributed by atoms with Crippen molar-refractivity contribution in [1.29, 1.82) is 0 Å². The van der Waals surface area contributed by atoms with Gasteiger partial charge in [0, 0.05) is 13.1 Å². The molecule has 0 aliphatic carbocycles. The number of nitrogens with zero attached hydrogens (tertiary/aromatic N) is 1. The average Bonchev–Trinajstić information content (AvgIpc) is 3.08. The highest BCUT2D eigenvalue weighted by atomic mass is 16.5. The molecule has 0 radical (unpaired) electrons. The van der Waals surface area contributed by atoms with Gasteiger partial charge in [-0.15, -0.1) is 6.58 Å². The molecule has 1 aromatic carbocycles. The van der Waals surface area contributed by atoms with Crippen LogP contribution in [0.2, 0.25) is 0 Å². The second-order valence-electron chi connectivity index (χ2n) is 7.47. The summed E-state index contributed by atoms with van der Waals surface area (Å²) < 4.78 is 5.15. The fourth-order valence-corrected chi connectivity index (χ4v) is 3.67. The van der Waals surface area contributed by atoms with Crippen LogP contribution in [0.25, 0.3) is 0 Å². The Morgan fingerprint density at radius 3 is 2.50 bits per heavy atom. The lowest BCUT2D eigenvalue weighted by molar-refractivity contribution is -0.124. The number of nitrogens with one attached hydrogen (secondary N) is 3. The number of imide groups is 1. The summed E-state index contributed by atoms with van der Waals surface area (Å²) in [6.45, 7) is 5.82. The molecular weight excluding hydrogens is 412 g/mol. The van der Waals surface area contributed by atoms with E-state index in [9.17, 15) is 19.2 Å². The molecule has 2 heterocycles. The van der Waals surface area contributed by atoms with Crippen molar-refractivity contribution >= 4 is 24.0 Å². The fraction of sp³-hybridized carbons (Fsp3) is 0.478. The smallest absolute Gasteiger partial charge is 0.262 e. The number of carbonyl (C=O) groups is 4. The van der Waals surface area contributed by atoms with Crippen molar-refractivity contribution in [3.8, 4) is 5.75 Å². The van der Waals surface area contributed by atoms with Crippen molar-refractivity contribution in [2.24, 2.45) is 0 Å². The normalized spacial score (nSPS) is 16.5. The first kappa shape index (κ1) is 25.2. The van der Waals surface area contributed by atoms with Crippen LogP contribution in [-0.4, -0.2) is 74.8 Å². The molecule has 0 spiro atoms. The number of fused-ring (bicyclic) bond motifs is 1. The average molecular weight is 445 g/mol. The van der Waals surface area contributed by atoms with Crippen molar-refractivity contribution in [2.75, 3.05) is 33.8 Å². The topological polar surface area (TPSA) is 117 Å². The van der Waals surface area contributed by atoms with Gasteiger partial charge in [-0.3, -0.25) is 24.1 Å². The summed E-state index contributed by atoms with van der Waals surface area (Å²) >= 11 is 0. The van der Waals surface area contributed by atoms with Gasteiger partial charge in [-0.25, -0.2) is 0 Å². The number of allylic oxidation sites excluding steroid dienone is 1. The number of piperidine rings is 1. The van der Waals surface area contributed by atoms with E-state index in [0.717, 1.165) is 10.9 Å². The summed E-state index contributed by atoms with van der Waals surface area (Å²) in [5, 5.41) is 9.05. The van der Waals surface area contributed by atoms with Crippen LogP contribution in [0.5, 0.6) is 5.75 Å². The highest BCUT2D eigenvalue weighted by molar-refractivity contribution is 6.23. The SMILES string of the molecule is C=CCCC(C(=O)NC)N1C(=O)c2ccc(OCC=O)cc2C1=O.CNC1CCNCC1. The molecule has 1 atom stereocenters. The number of likely N-dealkylation sites (N-methyl/N-ethyl adjacent to an activating group) is 1. The second kappa shape index (κ2) is 12.7. The molecule has 1 aromatic rings. The number of rotatable bonds is 9. The molecule has 9 nitrogen and oxygen atoms in total. The van der Waals surface area contributed by atoms with Gasteiger partial charge in [0.15, 0.2) is 6.29 Å². The molecule has 9 heteroatoms. The maximum absolute atomic E-state index is 12.6. The van der Waals surface area contributed by atoms with E-state index in [1.165, 1.54) is 51.2 Å². The summed E-state index contributed by atoms with van der Waals surface area (Å²) in [5.74, 6) is -1.17. The fourth-order valence-electron chi connectivity index (χ4n) is 3.67. The molecule has 3 N–H and O–H groups in total. The first-order valence-electron chi connectivity index (χ1n) is 10.8. The Labute approximate surface area is 188 Å². The third-order valence-electron chi connectivity index (χ3n) is 5.46. The molecule has 174 valence electrons. The van der Waals surface area contributed by atoms with Crippen LogP contribution < -0.4 is 20.7 Å².